The number of nitrogens with one attached hydrogen (secondary N) is 2. The molecule has 0 unspecified atom stereocenters. The third kappa shape index (κ3) is 4.27. The number of H-pyrrole nitrogens is 1. The lowest BCUT2D eigenvalue weighted by Gasteiger charge is -2.03. The Bertz CT molecular complexity index is 1280. The molecule has 8 heteroatoms. The Kier molecular flexibility index (Phi) is 4.77. The minimum absolute atomic E-state index is 0.215. The molecule has 0 radical (unpaired) electrons. The molecule has 0 saturated carbocycles. The van der Waals surface area contributed by atoms with Gasteiger partial charge in [0.1, 0.15) is 11.3 Å². The first-order valence-electron chi connectivity index (χ1n) is 8.72. The smallest absolute Gasteiger partial charge is 0.229 e. The van der Waals surface area contributed by atoms with Gasteiger partial charge in [-0.05, 0) is 48.6 Å². The van der Waals surface area contributed by atoms with E-state index in [1.165, 1.54) is 6.08 Å². The number of ketones is 1. The number of allylic oxidation sites excluding steroid dienone is 1. The number of aromatic amines is 1. The second-order valence-corrected chi connectivity index (χ2v) is 8.25. The fourth-order valence-corrected chi connectivity index (χ4v) is 3.47. The lowest BCUT2D eigenvalue weighted by molar-refractivity contribution is 0.104. The van der Waals surface area contributed by atoms with Gasteiger partial charge in [-0.3, -0.25) is 14.6 Å². The van der Waals surface area contributed by atoms with Crippen molar-refractivity contribution in [3.63, 3.8) is 0 Å². The SMILES string of the molecule is CS(=O)(=O)Nc1ccc(C(=O)/C=C/c2cn[nH]c2-c2cc3ccccc3o2)cc1. The molecule has 0 saturated heterocycles. The molecule has 2 heterocycles. The van der Waals surface area contributed by atoms with Crippen LogP contribution < -0.4 is 4.72 Å². The highest BCUT2D eigenvalue weighted by Gasteiger charge is 2.12. The number of nitrogens with zero attached hydrogens (tertiary/aromatic N) is 1. The molecule has 146 valence electrons. The minimum Gasteiger partial charge on any atom is -0.454 e. The molecule has 7 nitrogen and oxygen atoms in total. The molecule has 4 aromatic rings. The van der Waals surface area contributed by atoms with Crippen LogP contribution in [-0.2, 0) is 10.0 Å². The Hall–Kier alpha value is -3.65. The number of carbonyl (C=O) groups is 1. The Morgan fingerprint density at radius 2 is 1.90 bits per heavy atom. The van der Waals surface area contributed by atoms with Crippen LogP contribution in [0.15, 0.2) is 71.3 Å². The van der Waals surface area contributed by atoms with Crippen molar-refractivity contribution < 1.29 is 17.6 Å². The molecular weight excluding hydrogens is 390 g/mol. The predicted octanol–water partition coefficient (Wildman–Crippen LogP) is 4.09. The second-order valence-electron chi connectivity index (χ2n) is 6.50. The van der Waals surface area contributed by atoms with Gasteiger partial charge in [0.25, 0.3) is 0 Å². The van der Waals surface area contributed by atoms with E-state index in [4.69, 9.17) is 4.42 Å². The van der Waals surface area contributed by atoms with Crippen LogP contribution in [-0.4, -0.2) is 30.7 Å². The number of rotatable bonds is 6. The van der Waals surface area contributed by atoms with Gasteiger partial charge in [0.15, 0.2) is 11.5 Å². The zero-order chi connectivity index (χ0) is 20.4. The average Bonchev–Trinajstić information content (AvgIpc) is 3.31. The van der Waals surface area contributed by atoms with Crippen LogP contribution in [0.3, 0.4) is 0 Å². The fraction of sp³-hybridized carbons (Fsp3) is 0.0476. The van der Waals surface area contributed by atoms with E-state index in [9.17, 15) is 13.2 Å². The van der Waals surface area contributed by atoms with Gasteiger partial charge >= 0.3 is 0 Å². The summed E-state index contributed by atoms with van der Waals surface area (Å²) in [6.45, 7) is 0. The molecule has 29 heavy (non-hydrogen) atoms. The monoisotopic (exact) mass is 407 g/mol. The summed E-state index contributed by atoms with van der Waals surface area (Å²) in [4.78, 5) is 12.4. The Balaban J connectivity index is 1.54. The molecule has 0 aliphatic heterocycles. The van der Waals surface area contributed by atoms with Crippen LogP contribution in [0.4, 0.5) is 5.69 Å². The van der Waals surface area contributed by atoms with Gasteiger partial charge in [-0.2, -0.15) is 5.10 Å². The first-order valence-corrected chi connectivity index (χ1v) is 10.6. The summed E-state index contributed by atoms with van der Waals surface area (Å²) in [5.74, 6) is 0.416. The molecule has 0 atom stereocenters. The Morgan fingerprint density at radius 1 is 1.14 bits per heavy atom. The zero-order valence-electron chi connectivity index (χ0n) is 15.4. The summed E-state index contributed by atoms with van der Waals surface area (Å²) in [5, 5.41) is 7.93. The van der Waals surface area contributed by atoms with Crippen LogP contribution in [0.25, 0.3) is 28.5 Å². The van der Waals surface area contributed by atoms with Crippen LogP contribution in [0.2, 0.25) is 0 Å². The number of sulfonamides is 1. The number of aromatic nitrogens is 2. The summed E-state index contributed by atoms with van der Waals surface area (Å²) >= 11 is 0. The highest BCUT2D eigenvalue weighted by atomic mass is 32.2. The third-order valence-corrected chi connectivity index (χ3v) is 4.83. The van der Waals surface area contributed by atoms with Crippen LogP contribution in [0.1, 0.15) is 15.9 Å². The van der Waals surface area contributed by atoms with E-state index in [0.29, 0.717) is 28.3 Å². The molecule has 0 aliphatic rings. The van der Waals surface area contributed by atoms with Gasteiger partial charge in [0.05, 0.1) is 12.5 Å². The maximum absolute atomic E-state index is 12.4. The van der Waals surface area contributed by atoms with Crippen molar-refractivity contribution in [3.8, 4) is 11.5 Å². The summed E-state index contributed by atoms with van der Waals surface area (Å²) in [7, 11) is -3.36. The number of hydrogen-bond donors (Lipinski definition) is 2. The highest BCUT2D eigenvalue weighted by molar-refractivity contribution is 7.92. The summed E-state index contributed by atoms with van der Waals surface area (Å²) in [6, 6.07) is 15.8. The number of carbonyl (C=O) groups excluding carboxylic acids is 1. The molecule has 0 spiro atoms. The Morgan fingerprint density at radius 3 is 2.62 bits per heavy atom. The Labute approximate surface area is 167 Å². The van der Waals surface area contributed by atoms with E-state index in [0.717, 1.165) is 17.2 Å². The van der Waals surface area contributed by atoms with Crippen molar-refractivity contribution in [3.05, 3.63) is 78.0 Å². The topological polar surface area (TPSA) is 105 Å². The highest BCUT2D eigenvalue weighted by Crippen LogP contribution is 2.29. The summed E-state index contributed by atoms with van der Waals surface area (Å²) in [5.41, 5.74) is 3.00. The molecule has 0 fully saturated rings. The lowest BCUT2D eigenvalue weighted by atomic mass is 10.1. The van der Waals surface area contributed by atoms with E-state index in [1.54, 1.807) is 36.5 Å². The molecule has 4 rings (SSSR count). The number of fused-ring (bicyclic) bond motifs is 1. The number of furan rings is 1. The average molecular weight is 407 g/mol. The predicted molar refractivity (Wildman–Crippen MR) is 112 cm³/mol. The van der Waals surface area contributed by atoms with Crippen LogP contribution in [0, 0.1) is 0 Å². The van der Waals surface area contributed by atoms with Crippen molar-refractivity contribution in [1.29, 1.82) is 0 Å². The van der Waals surface area contributed by atoms with E-state index < -0.39 is 10.0 Å². The molecule has 0 amide bonds. The van der Waals surface area contributed by atoms with Gasteiger partial charge in [0, 0.05) is 22.2 Å². The summed E-state index contributed by atoms with van der Waals surface area (Å²) < 4.78 is 30.7. The van der Waals surface area contributed by atoms with Gasteiger partial charge in [-0.15, -0.1) is 0 Å². The fourth-order valence-electron chi connectivity index (χ4n) is 2.90. The normalized spacial score (nSPS) is 11.9. The number of anilines is 1. The first kappa shape index (κ1) is 18.7. The van der Waals surface area contributed by atoms with Crippen molar-refractivity contribution >= 4 is 38.5 Å². The van der Waals surface area contributed by atoms with Crippen LogP contribution >= 0.6 is 0 Å². The first-order chi connectivity index (χ1) is 13.9. The van der Waals surface area contributed by atoms with E-state index in [-0.39, 0.29) is 5.78 Å². The lowest BCUT2D eigenvalue weighted by Crippen LogP contribution is -2.09. The quantitative estimate of drug-likeness (QED) is 0.370. The summed E-state index contributed by atoms with van der Waals surface area (Å²) in [6.07, 6.45) is 5.79. The molecule has 0 bridgehead atoms. The minimum atomic E-state index is -3.36. The van der Waals surface area contributed by atoms with Crippen LogP contribution in [0.5, 0.6) is 0 Å². The van der Waals surface area contributed by atoms with E-state index >= 15 is 0 Å². The van der Waals surface area contributed by atoms with Gasteiger partial charge in [-0.25, -0.2) is 8.42 Å². The van der Waals surface area contributed by atoms with Gasteiger partial charge in [0.2, 0.25) is 10.0 Å². The van der Waals surface area contributed by atoms with Crippen molar-refractivity contribution in [1.82, 2.24) is 10.2 Å². The molecular formula is C21H17N3O4S. The number of hydrogen-bond acceptors (Lipinski definition) is 5. The molecule has 0 aliphatic carbocycles. The molecule has 2 aromatic carbocycles. The second kappa shape index (κ2) is 7.40. The van der Waals surface area contributed by atoms with Gasteiger partial charge in [-0.1, -0.05) is 18.2 Å². The maximum Gasteiger partial charge on any atom is 0.229 e. The van der Waals surface area contributed by atoms with Crippen molar-refractivity contribution in [2.75, 3.05) is 11.0 Å². The largest absolute Gasteiger partial charge is 0.454 e. The maximum atomic E-state index is 12.4. The standard InChI is InChI=1S/C21H17N3O4S/c1-29(26,27)24-17-9-6-14(7-10-17)18(25)11-8-16-13-22-23-21(16)20-12-15-4-2-3-5-19(15)28-20/h2-13,24H,1H3,(H,22,23)/b11-8+. The van der Waals surface area contributed by atoms with E-state index in [2.05, 4.69) is 14.9 Å². The van der Waals surface area contributed by atoms with Crippen molar-refractivity contribution in [2.45, 2.75) is 0 Å². The third-order valence-electron chi connectivity index (χ3n) is 4.23. The van der Waals surface area contributed by atoms with Gasteiger partial charge < -0.3 is 4.42 Å². The molecule has 2 N–H and O–H groups in total. The van der Waals surface area contributed by atoms with E-state index in [1.807, 2.05) is 30.3 Å². The molecule has 2 aromatic heterocycles. The number of benzene rings is 2. The van der Waals surface area contributed by atoms with Crippen molar-refractivity contribution in [2.24, 2.45) is 0 Å². The zero-order valence-corrected chi connectivity index (χ0v) is 16.2. The number of para-hydroxylation sites is 1.